The van der Waals surface area contributed by atoms with Crippen LogP contribution < -0.4 is 4.74 Å². The lowest BCUT2D eigenvalue weighted by Crippen LogP contribution is -2.46. The average Bonchev–Trinajstić information content (AvgIpc) is 3.12. The second-order valence-electron chi connectivity index (χ2n) is 7.37. The molecule has 146 valence electrons. The van der Waals surface area contributed by atoms with Gasteiger partial charge in [0.2, 0.25) is 0 Å². The van der Waals surface area contributed by atoms with Gasteiger partial charge in [-0.05, 0) is 55.2 Å². The standard InChI is InChI=1S/C19H30N2O4S/c1-24-15-17-7-10-20(11-8-17)26(22,23)21-12-9-18(14-21)13-16-3-5-19(25-2)6-4-16/h3-6,17-18H,7-15H2,1-2H3. The van der Waals surface area contributed by atoms with Crippen molar-refractivity contribution >= 4 is 10.2 Å². The van der Waals surface area contributed by atoms with Crippen LogP contribution in [0.4, 0.5) is 0 Å². The summed E-state index contributed by atoms with van der Waals surface area (Å²) in [4.78, 5) is 0. The van der Waals surface area contributed by atoms with Gasteiger partial charge in [0, 0.05) is 39.9 Å². The fourth-order valence-electron chi connectivity index (χ4n) is 3.97. The maximum atomic E-state index is 12.9. The predicted octanol–water partition coefficient (Wildman–Crippen LogP) is 2.16. The molecule has 3 rings (SSSR count). The van der Waals surface area contributed by atoms with E-state index in [0.29, 0.717) is 38.0 Å². The molecule has 1 unspecified atom stereocenters. The molecule has 0 spiro atoms. The lowest BCUT2D eigenvalue weighted by molar-refractivity contribution is 0.120. The summed E-state index contributed by atoms with van der Waals surface area (Å²) in [7, 11) is 0.0340. The van der Waals surface area contributed by atoms with E-state index >= 15 is 0 Å². The molecule has 0 N–H and O–H groups in total. The number of nitrogens with zero attached hydrogens (tertiary/aromatic N) is 2. The highest BCUT2D eigenvalue weighted by atomic mass is 32.2. The van der Waals surface area contributed by atoms with Gasteiger partial charge in [0.05, 0.1) is 7.11 Å². The van der Waals surface area contributed by atoms with Gasteiger partial charge in [-0.2, -0.15) is 17.0 Å². The van der Waals surface area contributed by atoms with Gasteiger partial charge >= 0.3 is 0 Å². The molecule has 0 aromatic heterocycles. The summed E-state index contributed by atoms with van der Waals surface area (Å²) in [6.07, 6.45) is 3.60. The van der Waals surface area contributed by atoms with Crippen LogP contribution in [0, 0.1) is 11.8 Å². The molecular weight excluding hydrogens is 352 g/mol. The molecule has 1 aromatic carbocycles. The number of benzene rings is 1. The molecule has 0 radical (unpaired) electrons. The van der Waals surface area contributed by atoms with Crippen LogP contribution in [0.25, 0.3) is 0 Å². The van der Waals surface area contributed by atoms with Gasteiger partial charge in [-0.15, -0.1) is 0 Å². The highest BCUT2D eigenvalue weighted by Crippen LogP contribution is 2.28. The van der Waals surface area contributed by atoms with Gasteiger partial charge < -0.3 is 9.47 Å². The van der Waals surface area contributed by atoms with E-state index in [1.165, 1.54) is 5.56 Å². The maximum absolute atomic E-state index is 12.9. The summed E-state index contributed by atoms with van der Waals surface area (Å²) in [5.41, 5.74) is 1.23. The molecule has 2 aliphatic heterocycles. The molecule has 26 heavy (non-hydrogen) atoms. The normalized spacial score (nSPS) is 23.4. The SMILES string of the molecule is COCC1CCN(S(=O)(=O)N2CCC(Cc3ccc(OC)cc3)C2)CC1. The molecule has 2 fully saturated rings. The minimum absolute atomic E-state index is 0.379. The highest BCUT2D eigenvalue weighted by Gasteiger charge is 2.37. The quantitative estimate of drug-likeness (QED) is 0.725. The summed E-state index contributed by atoms with van der Waals surface area (Å²) in [5.74, 6) is 1.71. The van der Waals surface area contributed by atoms with E-state index in [4.69, 9.17) is 9.47 Å². The lowest BCUT2D eigenvalue weighted by Gasteiger charge is -2.33. The third kappa shape index (κ3) is 4.57. The Bertz CT molecular complexity index is 669. The van der Waals surface area contributed by atoms with Crippen molar-refractivity contribution in [3.8, 4) is 5.75 Å². The first-order chi connectivity index (χ1) is 12.5. The van der Waals surface area contributed by atoms with Crippen LogP contribution in [-0.2, 0) is 21.4 Å². The van der Waals surface area contributed by atoms with Crippen molar-refractivity contribution in [1.29, 1.82) is 0 Å². The zero-order chi connectivity index (χ0) is 18.6. The zero-order valence-electron chi connectivity index (χ0n) is 15.8. The second-order valence-corrected chi connectivity index (χ2v) is 9.30. The number of methoxy groups -OCH3 is 2. The van der Waals surface area contributed by atoms with Crippen LogP contribution in [0.5, 0.6) is 5.75 Å². The first kappa shape index (κ1) is 19.6. The molecule has 2 heterocycles. The minimum Gasteiger partial charge on any atom is -0.497 e. The molecular formula is C19H30N2O4S. The van der Waals surface area contributed by atoms with Gasteiger partial charge in [0.1, 0.15) is 5.75 Å². The first-order valence-corrected chi connectivity index (χ1v) is 10.8. The Morgan fingerprint density at radius 1 is 0.962 bits per heavy atom. The molecule has 2 aliphatic rings. The van der Waals surface area contributed by atoms with Crippen LogP contribution in [0.3, 0.4) is 0 Å². The first-order valence-electron chi connectivity index (χ1n) is 9.40. The Morgan fingerprint density at radius 3 is 2.19 bits per heavy atom. The number of hydrogen-bond donors (Lipinski definition) is 0. The topological polar surface area (TPSA) is 59.1 Å². The van der Waals surface area contributed by atoms with Gasteiger partial charge in [0.15, 0.2) is 0 Å². The van der Waals surface area contributed by atoms with E-state index in [-0.39, 0.29) is 0 Å². The lowest BCUT2D eigenvalue weighted by atomic mass is 9.99. The maximum Gasteiger partial charge on any atom is 0.281 e. The third-order valence-electron chi connectivity index (χ3n) is 5.56. The van der Waals surface area contributed by atoms with Crippen molar-refractivity contribution < 1.29 is 17.9 Å². The fraction of sp³-hybridized carbons (Fsp3) is 0.684. The van der Waals surface area contributed by atoms with E-state index in [0.717, 1.165) is 38.0 Å². The van der Waals surface area contributed by atoms with Crippen molar-refractivity contribution in [2.75, 3.05) is 47.0 Å². The van der Waals surface area contributed by atoms with Gasteiger partial charge in [-0.3, -0.25) is 0 Å². The van der Waals surface area contributed by atoms with Crippen molar-refractivity contribution in [2.45, 2.75) is 25.7 Å². The monoisotopic (exact) mass is 382 g/mol. The predicted molar refractivity (Wildman–Crippen MR) is 101 cm³/mol. The van der Waals surface area contributed by atoms with Crippen LogP contribution in [-0.4, -0.2) is 64.0 Å². The second kappa shape index (κ2) is 8.69. The molecule has 6 nitrogen and oxygen atoms in total. The van der Waals surface area contributed by atoms with Crippen LogP contribution in [0.1, 0.15) is 24.8 Å². The van der Waals surface area contributed by atoms with Gasteiger partial charge in [0.25, 0.3) is 10.2 Å². The highest BCUT2D eigenvalue weighted by molar-refractivity contribution is 7.86. The molecule has 0 bridgehead atoms. The Hall–Kier alpha value is -1.15. The summed E-state index contributed by atoms with van der Waals surface area (Å²) in [6.45, 7) is 3.18. The Kier molecular flexibility index (Phi) is 6.55. The number of rotatable bonds is 7. The van der Waals surface area contributed by atoms with E-state index in [2.05, 4.69) is 12.1 Å². The van der Waals surface area contributed by atoms with E-state index in [9.17, 15) is 8.42 Å². The largest absolute Gasteiger partial charge is 0.497 e. The van der Waals surface area contributed by atoms with Gasteiger partial charge in [-0.25, -0.2) is 0 Å². The van der Waals surface area contributed by atoms with Crippen molar-refractivity contribution in [3.63, 3.8) is 0 Å². The number of ether oxygens (including phenoxy) is 2. The molecule has 1 aromatic rings. The van der Waals surface area contributed by atoms with E-state index in [1.807, 2.05) is 12.1 Å². The van der Waals surface area contributed by atoms with E-state index < -0.39 is 10.2 Å². The van der Waals surface area contributed by atoms with Crippen molar-refractivity contribution in [3.05, 3.63) is 29.8 Å². The Morgan fingerprint density at radius 2 is 1.58 bits per heavy atom. The molecule has 1 atom stereocenters. The molecule has 2 saturated heterocycles. The Balaban J connectivity index is 1.53. The fourth-order valence-corrected chi connectivity index (χ4v) is 5.71. The summed E-state index contributed by atoms with van der Waals surface area (Å²) < 4.78 is 39.6. The van der Waals surface area contributed by atoms with Crippen molar-refractivity contribution in [2.24, 2.45) is 11.8 Å². The summed E-state index contributed by atoms with van der Waals surface area (Å²) in [6, 6.07) is 8.05. The molecule has 0 aliphatic carbocycles. The summed E-state index contributed by atoms with van der Waals surface area (Å²) in [5, 5.41) is 0. The number of hydrogen-bond acceptors (Lipinski definition) is 4. The summed E-state index contributed by atoms with van der Waals surface area (Å²) >= 11 is 0. The molecule has 7 heteroatoms. The molecule has 0 saturated carbocycles. The van der Waals surface area contributed by atoms with Crippen LogP contribution in [0.2, 0.25) is 0 Å². The smallest absolute Gasteiger partial charge is 0.281 e. The van der Waals surface area contributed by atoms with Crippen LogP contribution in [0.15, 0.2) is 24.3 Å². The van der Waals surface area contributed by atoms with E-state index in [1.54, 1.807) is 22.8 Å². The van der Waals surface area contributed by atoms with Gasteiger partial charge in [-0.1, -0.05) is 12.1 Å². The zero-order valence-corrected chi connectivity index (χ0v) is 16.6. The minimum atomic E-state index is -3.33. The third-order valence-corrected chi connectivity index (χ3v) is 7.56. The average molecular weight is 383 g/mol. The van der Waals surface area contributed by atoms with Crippen LogP contribution >= 0.6 is 0 Å². The van der Waals surface area contributed by atoms with Crippen molar-refractivity contribution in [1.82, 2.24) is 8.61 Å². The Labute approximate surface area is 157 Å². The number of piperidine rings is 1. The molecule has 0 amide bonds.